The van der Waals surface area contributed by atoms with E-state index >= 15 is 0 Å². The van der Waals surface area contributed by atoms with E-state index in [0.717, 1.165) is 12.8 Å². The van der Waals surface area contributed by atoms with E-state index in [9.17, 15) is 0 Å². The van der Waals surface area contributed by atoms with Crippen molar-refractivity contribution in [1.29, 1.82) is 0 Å². The van der Waals surface area contributed by atoms with Gasteiger partial charge in [0.2, 0.25) is 0 Å². The Kier molecular flexibility index (Phi) is 9.02. The molecule has 0 atom stereocenters. The summed E-state index contributed by atoms with van der Waals surface area (Å²) in [6.07, 6.45) is 20.7. The van der Waals surface area contributed by atoms with E-state index in [4.69, 9.17) is 6.42 Å². The van der Waals surface area contributed by atoms with Gasteiger partial charge in [-0.2, -0.15) is 0 Å². The number of rotatable bonds is 3. The Hall–Kier alpha value is -0.316. The van der Waals surface area contributed by atoms with Crippen LogP contribution in [0.2, 0.25) is 0 Å². The summed E-state index contributed by atoms with van der Waals surface area (Å²) in [7, 11) is 0. The fourth-order valence-corrected chi connectivity index (χ4v) is 3.08. The van der Waals surface area contributed by atoms with Crippen LogP contribution < -0.4 is 24.8 Å². The van der Waals surface area contributed by atoms with Crippen molar-refractivity contribution in [3.63, 3.8) is 0 Å². The molecule has 0 saturated heterocycles. The maximum Gasteiger partial charge on any atom is 2.00 e. The van der Waals surface area contributed by atoms with Gasteiger partial charge in [0.1, 0.15) is 0 Å². The monoisotopic (exact) mass is 345 g/mol. The first-order chi connectivity index (χ1) is 8.03. The number of hydrogen-bond acceptors (Lipinski definition) is 0. The molecule has 0 nitrogen and oxygen atoms in total. The van der Waals surface area contributed by atoms with E-state index in [1.807, 2.05) is 0 Å². The quantitative estimate of drug-likeness (QED) is 0.542. The Morgan fingerprint density at radius 1 is 1.25 bits per heavy atom. The Labute approximate surface area is 147 Å². The summed E-state index contributed by atoms with van der Waals surface area (Å²) in [5, 5.41) is 0. The van der Waals surface area contributed by atoms with Gasteiger partial charge >= 0.3 is 18.6 Å². The molecule has 0 amide bonds. The van der Waals surface area contributed by atoms with Gasteiger partial charge in [0.05, 0.1) is 0 Å². The van der Waals surface area contributed by atoms with Crippen LogP contribution in [0.5, 0.6) is 0 Å². The molecular formula is C17H20Cl2V. The average Bonchev–Trinajstić information content (AvgIpc) is 2.88. The van der Waals surface area contributed by atoms with Gasteiger partial charge in [0.25, 0.3) is 0 Å². The second kappa shape index (κ2) is 8.21. The van der Waals surface area contributed by atoms with E-state index < -0.39 is 0 Å². The summed E-state index contributed by atoms with van der Waals surface area (Å²) in [5.74, 6) is 2.85. The fourth-order valence-electron chi connectivity index (χ4n) is 3.08. The summed E-state index contributed by atoms with van der Waals surface area (Å²) in [6.45, 7) is 6.83. The first-order valence-corrected chi connectivity index (χ1v) is 6.21. The largest absolute Gasteiger partial charge is 2.00 e. The Bertz CT molecular complexity index is 476. The van der Waals surface area contributed by atoms with Crippen molar-refractivity contribution in [2.45, 2.75) is 33.6 Å². The molecule has 0 aliphatic heterocycles. The summed E-state index contributed by atoms with van der Waals surface area (Å²) in [6, 6.07) is 0. The molecule has 107 valence electrons. The number of hydrogen-bond donors (Lipinski definition) is 0. The molecule has 0 spiro atoms. The topological polar surface area (TPSA) is 0 Å². The van der Waals surface area contributed by atoms with Crippen LogP contribution in [0.3, 0.4) is 0 Å². The van der Waals surface area contributed by atoms with E-state index in [-0.39, 0.29) is 54.2 Å². The summed E-state index contributed by atoms with van der Waals surface area (Å²) >= 11 is 0. The molecule has 2 aliphatic rings. The fraction of sp³-hybridized carbons (Fsp3) is 0.412. The molecule has 0 saturated carbocycles. The Morgan fingerprint density at radius 3 is 2.20 bits per heavy atom. The van der Waals surface area contributed by atoms with E-state index in [0.29, 0.717) is 0 Å². The molecular weight excluding hydrogens is 326 g/mol. The van der Waals surface area contributed by atoms with Gasteiger partial charge in [-0.05, 0) is 18.8 Å². The smallest absolute Gasteiger partial charge is 1.00 e. The average molecular weight is 346 g/mol. The van der Waals surface area contributed by atoms with Crippen molar-refractivity contribution in [1.82, 2.24) is 0 Å². The standard InChI is InChI=1S/C17H20.2ClH.V/c1-5-11-17(12-6-7-13-17)16(3,4)15-10-8-9-14(15)2;;;/h1,6-9,12-13H,10-11H2,2-4H3;2*1H;/q;;;+2/p-2. The van der Waals surface area contributed by atoms with Gasteiger partial charge in [-0.3, -0.25) is 0 Å². The second-order valence-electron chi connectivity index (χ2n) is 5.53. The molecule has 0 N–H and O–H groups in total. The molecule has 1 radical (unpaired) electrons. The third-order valence-electron chi connectivity index (χ3n) is 4.38. The normalized spacial score (nSPS) is 18.1. The van der Waals surface area contributed by atoms with Gasteiger partial charge < -0.3 is 24.8 Å². The van der Waals surface area contributed by atoms with Gasteiger partial charge in [0, 0.05) is 11.8 Å². The molecule has 0 unspecified atom stereocenters. The van der Waals surface area contributed by atoms with Crippen molar-refractivity contribution in [2.24, 2.45) is 10.8 Å². The van der Waals surface area contributed by atoms with Crippen molar-refractivity contribution in [3.8, 4) is 12.3 Å². The molecule has 3 heteroatoms. The summed E-state index contributed by atoms with van der Waals surface area (Å²) < 4.78 is 0. The molecule has 0 aromatic carbocycles. The molecule has 0 bridgehead atoms. The zero-order chi connectivity index (χ0) is 12.5. The van der Waals surface area contributed by atoms with Crippen LogP contribution in [0, 0.1) is 23.2 Å². The molecule has 0 aromatic heterocycles. The number of terminal acetylenes is 1. The molecule has 20 heavy (non-hydrogen) atoms. The van der Waals surface area contributed by atoms with E-state index in [1.54, 1.807) is 0 Å². The third-order valence-corrected chi connectivity index (χ3v) is 4.38. The predicted molar refractivity (Wildman–Crippen MR) is 74.4 cm³/mol. The van der Waals surface area contributed by atoms with Gasteiger partial charge in [-0.1, -0.05) is 61.4 Å². The van der Waals surface area contributed by atoms with Crippen molar-refractivity contribution < 1.29 is 43.4 Å². The van der Waals surface area contributed by atoms with Crippen LogP contribution in [-0.2, 0) is 18.6 Å². The first-order valence-electron chi connectivity index (χ1n) is 6.21. The zero-order valence-electron chi connectivity index (χ0n) is 12.2. The minimum absolute atomic E-state index is 0. The minimum atomic E-state index is -0.00956. The van der Waals surface area contributed by atoms with Crippen LogP contribution >= 0.6 is 0 Å². The molecule has 0 heterocycles. The van der Waals surface area contributed by atoms with E-state index in [2.05, 4.69) is 63.1 Å². The summed E-state index contributed by atoms with van der Waals surface area (Å²) in [5.41, 5.74) is 2.99. The molecule has 0 fully saturated rings. The second-order valence-corrected chi connectivity index (χ2v) is 5.53. The van der Waals surface area contributed by atoms with Crippen molar-refractivity contribution in [2.75, 3.05) is 0 Å². The van der Waals surface area contributed by atoms with Gasteiger partial charge in [0.15, 0.2) is 0 Å². The Morgan fingerprint density at radius 2 is 1.80 bits per heavy atom. The van der Waals surface area contributed by atoms with Crippen LogP contribution in [0.25, 0.3) is 0 Å². The van der Waals surface area contributed by atoms with Crippen molar-refractivity contribution in [3.05, 3.63) is 47.6 Å². The minimum Gasteiger partial charge on any atom is -1.00 e. The molecule has 2 aliphatic carbocycles. The van der Waals surface area contributed by atoms with Gasteiger partial charge in [-0.25, -0.2) is 0 Å². The zero-order valence-corrected chi connectivity index (χ0v) is 15.1. The predicted octanol–water partition coefficient (Wildman–Crippen LogP) is -1.57. The Balaban J connectivity index is 0. The maximum absolute atomic E-state index is 5.57. The SMILES string of the molecule is C#CCC1(C(C)(C)C2=C(C)C=CC2)C=CC=C1.[Cl-].[Cl-].[V+2]. The van der Waals surface area contributed by atoms with Crippen LogP contribution in [-0.4, -0.2) is 0 Å². The number of halogens is 2. The van der Waals surface area contributed by atoms with Crippen LogP contribution in [0.15, 0.2) is 47.6 Å². The summed E-state index contributed by atoms with van der Waals surface area (Å²) in [4.78, 5) is 0. The van der Waals surface area contributed by atoms with Crippen LogP contribution in [0.4, 0.5) is 0 Å². The molecule has 0 aromatic rings. The van der Waals surface area contributed by atoms with Crippen LogP contribution in [0.1, 0.15) is 33.6 Å². The van der Waals surface area contributed by atoms with Crippen molar-refractivity contribution >= 4 is 0 Å². The number of allylic oxidation sites excluding steroid dienone is 8. The first kappa shape index (κ1) is 22.0. The third kappa shape index (κ3) is 3.47. The van der Waals surface area contributed by atoms with E-state index in [1.165, 1.54) is 11.1 Å². The van der Waals surface area contributed by atoms with Gasteiger partial charge in [-0.15, -0.1) is 12.3 Å². The molecule has 2 rings (SSSR count). The maximum atomic E-state index is 5.57.